The van der Waals surface area contributed by atoms with E-state index in [2.05, 4.69) is 13.0 Å². The molecule has 0 saturated heterocycles. The number of unbranched alkanes of at least 4 members (excludes halogenated alkanes) is 1. The fourth-order valence-electron chi connectivity index (χ4n) is 2.28. The summed E-state index contributed by atoms with van der Waals surface area (Å²) >= 11 is 0. The SMILES string of the molecule is CCCCc1ccccc1/C=C(\CC)C(OC(C)=O)OC(C)=O. The topological polar surface area (TPSA) is 52.6 Å². The van der Waals surface area contributed by atoms with Gasteiger partial charge in [-0.2, -0.15) is 0 Å². The molecule has 4 heteroatoms. The van der Waals surface area contributed by atoms with Gasteiger partial charge in [-0.1, -0.05) is 44.5 Å². The number of rotatable bonds is 8. The van der Waals surface area contributed by atoms with Crippen LogP contribution in [0.25, 0.3) is 6.08 Å². The van der Waals surface area contributed by atoms with Crippen molar-refractivity contribution in [3.8, 4) is 0 Å². The summed E-state index contributed by atoms with van der Waals surface area (Å²) in [5, 5.41) is 0. The number of benzene rings is 1. The van der Waals surface area contributed by atoms with Gasteiger partial charge in [0.1, 0.15) is 0 Å². The number of esters is 2. The lowest BCUT2D eigenvalue weighted by molar-refractivity contribution is -0.178. The summed E-state index contributed by atoms with van der Waals surface area (Å²) in [4.78, 5) is 22.6. The van der Waals surface area contributed by atoms with Crippen molar-refractivity contribution < 1.29 is 19.1 Å². The van der Waals surface area contributed by atoms with E-state index >= 15 is 0 Å². The molecule has 23 heavy (non-hydrogen) atoms. The fraction of sp³-hybridized carbons (Fsp3) is 0.474. The lowest BCUT2D eigenvalue weighted by atomic mass is 9.99. The maximum atomic E-state index is 11.3. The van der Waals surface area contributed by atoms with Gasteiger partial charge in [0.15, 0.2) is 0 Å². The van der Waals surface area contributed by atoms with Crippen molar-refractivity contribution in [1.29, 1.82) is 0 Å². The van der Waals surface area contributed by atoms with Crippen molar-refractivity contribution in [1.82, 2.24) is 0 Å². The molecule has 0 aliphatic heterocycles. The summed E-state index contributed by atoms with van der Waals surface area (Å²) in [6, 6.07) is 8.12. The smallest absolute Gasteiger partial charge is 0.305 e. The average molecular weight is 318 g/mol. The van der Waals surface area contributed by atoms with Crippen LogP contribution in [0.5, 0.6) is 0 Å². The highest BCUT2D eigenvalue weighted by molar-refractivity contribution is 5.69. The van der Waals surface area contributed by atoms with Gasteiger partial charge in [-0.25, -0.2) is 0 Å². The van der Waals surface area contributed by atoms with Crippen LogP contribution in [0.4, 0.5) is 0 Å². The Labute approximate surface area is 138 Å². The van der Waals surface area contributed by atoms with E-state index in [1.807, 2.05) is 31.2 Å². The first-order valence-electron chi connectivity index (χ1n) is 8.10. The molecule has 1 rings (SSSR count). The number of hydrogen-bond donors (Lipinski definition) is 0. The summed E-state index contributed by atoms with van der Waals surface area (Å²) in [6.45, 7) is 6.71. The van der Waals surface area contributed by atoms with Crippen LogP contribution >= 0.6 is 0 Å². The third-order valence-corrected chi connectivity index (χ3v) is 3.45. The summed E-state index contributed by atoms with van der Waals surface area (Å²) in [6.07, 6.45) is 4.85. The lowest BCUT2D eigenvalue weighted by Crippen LogP contribution is -2.24. The first-order valence-corrected chi connectivity index (χ1v) is 8.10. The lowest BCUT2D eigenvalue weighted by Gasteiger charge is -2.19. The molecule has 126 valence electrons. The highest BCUT2D eigenvalue weighted by Gasteiger charge is 2.19. The van der Waals surface area contributed by atoms with Gasteiger partial charge in [0.05, 0.1) is 0 Å². The molecule has 1 aromatic carbocycles. The Bertz CT molecular complexity index is 544. The van der Waals surface area contributed by atoms with Crippen molar-refractivity contribution in [2.24, 2.45) is 0 Å². The maximum Gasteiger partial charge on any atom is 0.305 e. The van der Waals surface area contributed by atoms with E-state index < -0.39 is 18.2 Å². The second-order valence-electron chi connectivity index (χ2n) is 5.43. The van der Waals surface area contributed by atoms with Crippen molar-refractivity contribution in [2.45, 2.75) is 59.7 Å². The van der Waals surface area contributed by atoms with Gasteiger partial charge in [-0.05, 0) is 36.5 Å². The van der Waals surface area contributed by atoms with Crippen LogP contribution in [-0.2, 0) is 25.5 Å². The van der Waals surface area contributed by atoms with Crippen LogP contribution in [-0.4, -0.2) is 18.2 Å². The monoisotopic (exact) mass is 318 g/mol. The van der Waals surface area contributed by atoms with Crippen molar-refractivity contribution >= 4 is 18.0 Å². The zero-order valence-electron chi connectivity index (χ0n) is 14.4. The maximum absolute atomic E-state index is 11.3. The summed E-state index contributed by atoms with van der Waals surface area (Å²) in [5.41, 5.74) is 3.08. The molecule has 0 spiro atoms. The normalized spacial score (nSPS) is 11.4. The molecule has 0 unspecified atom stereocenters. The molecule has 4 nitrogen and oxygen atoms in total. The van der Waals surface area contributed by atoms with Crippen LogP contribution < -0.4 is 0 Å². The average Bonchev–Trinajstić information content (AvgIpc) is 2.50. The van der Waals surface area contributed by atoms with Gasteiger partial charge in [0.2, 0.25) is 0 Å². The highest BCUT2D eigenvalue weighted by Crippen LogP contribution is 2.21. The van der Waals surface area contributed by atoms with E-state index in [9.17, 15) is 9.59 Å². The molecule has 0 fully saturated rings. The van der Waals surface area contributed by atoms with Gasteiger partial charge in [-0.3, -0.25) is 9.59 Å². The Morgan fingerprint density at radius 2 is 1.70 bits per heavy atom. The van der Waals surface area contributed by atoms with Crippen LogP contribution in [0.3, 0.4) is 0 Å². The van der Waals surface area contributed by atoms with Gasteiger partial charge in [0.25, 0.3) is 6.29 Å². The molecule has 0 saturated carbocycles. The second kappa shape index (κ2) is 9.82. The third-order valence-electron chi connectivity index (χ3n) is 3.45. The Morgan fingerprint density at radius 3 is 2.22 bits per heavy atom. The zero-order valence-corrected chi connectivity index (χ0v) is 14.4. The predicted molar refractivity (Wildman–Crippen MR) is 90.6 cm³/mol. The van der Waals surface area contributed by atoms with Crippen LogP contribution in [0.15, 0.2) is 29.8 Å². The number of carbonyl (C=O) groups excluding carboxylic acids is 2. The summed E-state index contributed by atoms with van der Waals surface area (Å²) < 4.78 is 10.3. The van der Waals surface area contributed by atoms with Gasteiger partial charge >= 0.3 is 11.9 Å². The van der Waals surface area contributed by atoms with E-state index in [1.165, 1.54) is 19.4 Å². The van der Waals surface area contributed by atoms with Crippen molar-refractivity contribution in [2.75, 3.05) is 0 Å². The molecular formula is C19H26O4. The quantitative estimate of drug-likeness (QED) is 0.530. The number of hydrogen-bond acceptors (Lipinski definition) is 4. The number of aryl methyl sites for hydroxylation is 1. The van der Waals surface area contributed by atoms with E-state index in [0.29, 0.717) is 6.42 Å². The Balaban J connectivity index is 3.12. The van der Waals surface area contributed by atoms with E-state index in [4.69, 9.17) is 9.47 Å². The number of ether oxygens (including phenoxy) is 2. The molecular weight excluding hydrogens is 292 g/mol. The second-order valence-corrected chi connectivity index (χ2v) is 5.43. The molecule has 0 bridgehead atoms. The zero-order chi connectivity index (χ0) is 17.2. The van der Waals surface area contributed by atoms with Crippen LogP contribution in [0.1, 0.15) is 58.1 Å². The fourth-order valence-corrected chi connectivity index (χ4v) is 2.28. The predicted octanol–water partition coefficient (Wildman–Crippen LogP) is 4.27. The molecule has 0 N–H and O–H groups in total. The third kappa shape index (κ3) is 6.68. The molecule has 0 atom stereocenters. The number of carbonyl (C=O) groups is 2. The van der Waals surface area contributed by atoms with Crippen molar-refractivity contribution in [3.05, 3.63) is 41.0 Å². The standard InChI is InChI=1S/C19H26O4/c1-5-7-10-17-11-8-9-12-18(17)13-16(6-2)19(22-14(3)20)23-15(4)21/h8-9,11-13,19H,5-7,10H2,1-4H3/b16-13+. The molecule has 0 radical (unpaired) electrons. The van der Waals surface area contributed by atoms with Crippen LogP contribution in [0, 0.1) is 0 Å². The molecule has 0 aromatic heterocycles. The Hall–Kier alpha value is -2.10. The minimum Gasteiger partial charge on any atom is -0.421 e. The summed E-state index contributed by atoms with van der Waals surface area (Å²) in [7, 11) is 0. The van der Waals surface area contributed by atoms with E-state index in [0.717, 1.165) is 30.4 Å². The molecule has 1 aromatic rings. The summed E-state index contributed by atoms with van der Waals surface area (Å²) in [5.74, 6) is -0.954. The molecule has 0 heterocycles. The van der Waals surface area contributed by atoms with Gasteiger partial charge < -0.3 is 9.47 Å². The molecule has 0 amide bonds. The Kier molecular flexibility index (Phi) is 8.09. The van der Waals surface area contributed by atoms with E-state index in [1.54, 1.807) is 0 Å². The van der Waals surface area contributed by atoms with Gasteiger partial charge in [-0.15, -0.1) is 0 Å². The first-order chi connectivity index (χ1) is 11.0. The van der Waals surface area contributed by atoms with E-state index in [-0.39, 0.29) is 0 Å². The van der Waals surface area contributed by atoms with Crippen molar-refractivity contribution in [3.63, 3.8) is 0 Å². The minimum absolute atomic E-state index is 0.477. The minimum atomic E-state index is -0.964. The van der Waals surface area contributed by atoms with Crippen LogP contribution in [0.2, 0.25) is 0 Å². The highest BCUT2D eigenvalue weighted by atomic mass is 16.7. The first kappa shape index (κ1) is 18.9. The molecule has 0 aliphatic rings. The Morgan fingerprint density at radius 1 is 1.09 bits per heavy atom. The molecule has 0 aliphatic carbocycles. The van der Waals surface area contributed by atoms with Gasteiger partial charge in [0, 0.05) is 19.4 Å². The largest absolute Gasteiger partial charge is 0.421 e.